The molecule has 0 aromatic heterocycles. The number of aliphatic hydroxyl groups is 1. The fourth-order valence-electron chi connectivity index (χ4n) is 2.02. The summed E-state index contributed by atoms with van der Waals surface area (Å²) >= 11 is 0. The highest BCUT2D eigenvalue weighted by Gasteiger charge is 2.20. The molecule has 2 N–H and O–H groups in total. The summed E-state index contributed by atoms with van der Waals surface area (Å²) in [6.07, 6.45) is -0.523. The Morgan fingerprint density at radius 1 is 1.26 bits per heavy atom. The number of carbonyl (C=O) groups is 1. The zero-order valence-corrected chi connectivity index (χ0v) is 12.1. The van der Waals surface area contributed by atoms with E-state index < -0.39 is 6.10 Å². The lowest BCUT2D eigenvalue weighted by Gasteiger charge is -2.27. The molecule has 0 spiro atoms. The van der Waals surface area contributed by atoms with E-state index in [1.54, 1.807) is 14.0 Å². The van der Waals surface area contributed by atoms with Gasteiger partial charge in [-0.15, -0.1) is 0 Å². The molecule has 0 saturated heterocycles. The molecule has 1 aromatic rings. The van der Waals surface area contributed by atoms with Crippen molar-refractivity contribution in [2.24, 2.45) is 5.92 Å². The Balaban J connectivity index is 2.72. The lowest BCUT2D eigenvalue weighted by molar-refractivity contribution is 0.141. The van der Waals surface area contributed by atoms with Gasteiger partial charge in [0.1, 0.15) is 0 Å². The van der Waals surface area contributed by atoms with Crippen LogP contribution in [0, 0.1) is 5.92 Å². The van der Waals surface area contributed by atoms with E-state index in [0.717, 1.165) is 5.56 Å². The highest BCUT2D eigenvalue weighted by atomic mass is 16.3. The zero-order chi connectivity index (χ0) is 14.4. The average Bonchev–Trinajstić information content (AvgIpc) is 2.35. The quantitative estimate of drug-likeness (QED) is 0.858. The number of nitrogens with zero attached hydrogens (tertiary/aromatic N) is 1. The molecular formula is C15H24N2O2. The predicted molar refractivity (Wildman–Crippen MR) is 76.9 cm³/mol. The van der Waals surface area contributed by atoms with Crippen LogP contribution in [0.5, 0.6) is 0 Å². The van der Waals surface area contributed by atoms with Gasteiger partial charge in [-0.05, 0) is 18.4 Å². The van der Waals surface area contributed by atoms with Gasteiger partial charge in [0.15, 0.2) is 0 Å². The van der Waals surface area contributed by atoms with Gasteiger partial charge in [-0.3, -0.25) is 0 Å². The second-order valence-electron chi connectivity index (χ2n) is 5.31. The number of nitrogens with one attached hydrogen (secondary N) is 1. The number of urea groups is 1. The van der Waals surface area contributed by atoms with Crippen LogP contribution in [-0.4, -0.2) is 35.7 Å². The highest BCUT2D eigenvalue weighted by Crippen LogP contribution is 2.21. The smallest absolute Gasteiger partial charge is 0.317 e. The number of carbonyl (C=O) groups excluding carboxylic acids is 1. The molecular weight excluding hydrogens is 240 g/mol. The van der Waals surface area contributed by atoms with Crippen molar-refractivity contribution in [2.75, 3.05) is 13.6 Å². The molecule has 0 fully saturated rings. The first-order valence-electron chi connectivity index (χ1n) is 6.66. The van der Waals surface area contributed by atoms with Crippen LogP contribution in [0.4, 0.5) is 4.79 Å². The summed E-state index contributed by atoms with van der Waals surface area (Å²) in [5, 5.41) is 12.3. The molecule has 0 aliphatic heterocycles. The standard InChI is InChI=1S/C15H24N2O2/c1-11(2)14(13-8-6-5-7-9-13)16-15(19)17(4)10-12(3)18/h5-9,11-12,14,18H,10H2,1-4H3,(H,16,19). The Bertz CT molecular complexity index is 390. The maximum absolute atomic E-state index is 12.1. The molecule has 0 bridgehead atoms. The first-order chi connectivity index (χ1) is 8.91. The number of amides is 2. The third kappa shape index (κ3) is 4.91. The molecule has 106 valence electrons. The van der Waals surface area contributed by atoms with Crippen LogP contribution in [0.3, 0.4) is 0 Å². The highest BCUT2D eigenvalue weighted by molar-refractivity contribution is 5.74. The van der Waals surface area contributed by atoms with E-state index in [1.165, 1.54) is 4.90 Å². The fraction of sp³-hybridized carbons (Fsp3) is 0.533. The van der Waals surface area contributed by atoms with Crippen molar-refractivity contribution < 1.29 is 9.90 Å². The van der Waals surface area contributed by atoms with Crippen LogP contribution in [-0.2, 0) is 0 Å². The first kappa shape index (κ1) is 15.5. The summed E-state index contributed by atoms with van der Waals surface area (Å²) in [7, 11) is 1.68. The number of rotatable bonds is 5. The Kier molecular flexibility index (Phi) is 5.83. The Morgan fingerprint density at radius 2 is 1.84 bits per heavy atom. The Hall–Kier alpha value is -1.55. The van der Waals surface area contributed by atoms with Gasteiger partial charge in [0.05, 0.1) is 12.1 Å². The predicted octanol–water partition coefficient (Wildman–Crippen LogP) is 2.41. The van der Waals surface area contributed by atoms with Crippen molar-refractivity contribution in [3.05, 3.63) is 35.9 Å². The van der Waals surface area contributed by atoms with Crippen LogP contribution in [0.25, 0.3) is 0 Å². The number of aliphatic hydroxyl groups excluding tert-OH is 1. The maximum atomic E-state index is 12.1. The molecule has 1 rings (SSSR count). The lowest BCUT2D eigenvalue weighted by Crippen LogP contribution is -2.43. The molecule has 19 heavy (non-hydrogen) atoms. The van der Waals surface area contributed by atoms with Gasteiger partial charge in [-0.2, -0.15) is 0 Å². The molecule has 0 aliphatic rings. The molecule has 0 radical (unpaired) electrons. The van der Waals surface area contributed by atoms with E-state index in [2.05, 4.69) is 19.2 Å². The van der Waals surface area contributed by atoms with E-state index in [0.29, 0.717) is 12.5 Å². The first-order valence-corrected chi connectivity index (χ1v) is 6.66. The van der Waals surface area contributed by atoms with Crippen LogP contribution < -0.4 is 5.32 Å². The summed E-state index contributed by atoms with van der Waals surface area (Å²) < 4.78 is 0. The Morgan fingerprint density at radius 3 is 2.32 bits per heavy atom. The van der Waals surface area contributed by atoms with Gasteiger partial charge in [-0.1, -0.05) is 44.2 Å². The minimum atomic E-state index is -0.523. The molecule has 0 saturated carbocycles. The van der Waals surface area contributed by atoms with Gasteiger partial charge < -0.3 is 15.3 Å². The molecule has 0 aliphatic carbocycles. The third-order valence-corrected chi connectivity index (χ3v) is 2.99. The van der Waals surface area contributed by atoms with Gasteiger partial charge in [-0.25, -0.2) is 4.79 Å². The van der Waals surface area contributed by atoms with E-state index in [4.69, 9.17) is 0 Å². The second kappa shape index (κ2) is 7.14. The Labute approximate surface area is 115 Å². The van der Waals surface area contributed by atoms with Crippen molar-refractivity contribution in [3.8, 4) is 0 Å². The lowest BCUT2D eigenvalue weighted by atomic mass is 9.96. The van der Waals surface area contributed by atoms with Gasteiger partial charge in [0, 0.05) is 13.6 Å². The topological polar surface area (TPSA) is 52.6 Å². The van der Waals surface area contributed by atoms with Crippen molar-refractivity contribution >= 4 is 6.03 Å². The van der Waals surface area contributed by atoms with Gasteiger partial charge in [0.2, 0.25) is 0 Å². The van der Waals surface area contributed by atoms with Crippen molar-refractivity contribution in [3.63, 3.8) is 0 Å². The van der Waals surface area contributed by atoms with Crippen LogP contribution in [0.2, 0.25) is 0 Å². The molecule has 4 nitrogen and oxygen atoms in total. The van der Waals surface area contributed by atoms with Crippen molar-refractivity contribution in [1.82, 2.24) is 10.2 Å². The summed E-state index contributed by atoms with van der Waals surface area (Å²) in [6.45, 7) is 6.14. The third-order valence-electron chi connectivity index (χ3n) is 2.99. The summed E-state index contributed by atoms with van der Waals surface area (Å²) in [6, 6.07) is 9.74. The fourth-order valence-corrected chi connectivity index (χ4v) is 2.02. The van der Waals surface area contributed by atoms with E-state index in [9.17, 15) is 9.90 Å². The molecule has 1 aromatic carbocycles. The zero-order valence-electron chi connectivity index (χ0n) is 12.1. The van der Waals surface area contributed by atoms with Crippen molar-refractivity contribution in [1.29, 1.82) is 0 Å². The van der Waals surface area contributed by atoms with Crippen LogP contribution in [0.1, 0.15) is 32.4 Å². The molecule has 2 atom stereocenters. The number of benzene rings is 1. The van der Waals surface area contributed by atoms with E-state index in [-0.39, 0.29) is 12.1 Å². The SMILES string of the molecule is CC(O)CN(C)C(=O)NC(c1ccccc1)C(C)C. The van der Waals surface area contributed by atoms with Crippen molar-refractivity contribution in [2.45, 2.75) is 32.9 Å². The largest absolute Gasteiger partial charge is 0.392 e. The van der Waals surface area contributed by atoms with Gasteiger partial charge in [0.25, 0.3) is 0 Å². The summed E-state index contributed by atoms with van der Waals surface area (Å²) in [5.74, 6) is 0.297. The normalized spacial score (nSPS) is 14.0. The summed E-state index contributed by atoms with van der Waals surface area (Å²) in [5.41, 5.74) is 1.09. The average molecular weight is 264 g/mol. The number of hydrogen-bond donors (Lipinski definition) is 2. The number of likely N-dealkylation sites (N-methyl/N-ethyl adjacent to an activating group) is 1. The second-order valence-corrected chi connectivity index (χ2v) is 5.31. The maximum Gasteiger partial charge on any atom is 0.317 e. The van der Waals surface area contributed by atoms with Gasteiger partial charge >= 0.3 is 6.03 Å². The van der Waals surface area contributed by atoms with Crippen LogP contribution in [0.15, 0.2) is 30.3 Å². The molecule has 0 heterocycles. The van der Waals surface area contributed by atoms with Crippen LogP contribution >= 0.6 is 0 Å². The monoisotopic (exact) mass is 264 g/mol. The summed E-state index contributed by atoms with van der Waals surface area (Å²) in [4.78, 5) is 13.6. The minimum absolute atomic E-state index is 0.0230. The number of hydrogen-bond acceptors (Lipinski definition) is 2. The van der Waals surface area contributed by atoms with E-state index in [1.807, 2.05) is 30.3 Å². The molecule has 4 heteroatoms. The minimum Gasteiger partial charge on any atom is -0.392 e. The van der Waals surface area contributed by atoms with E-state index >= 15 is 0 Å². The molecule has 2 unspecified atom stereocenters. The molecule has 2 amide bonds.